The Morgan fingerprint density at radius 2 is 1.58 bits per heavy atom. The lowest BCUT2D eigenvalue weighted by atomic mass is 10.0. The van der Waals surface area contributed by atoms with E-state index in [-0.39, 0.29) is 24.1 Å². The molecule has 1 aromatic heterocycles. The van der Waals surface area contributed by atoms with Crippen LogP contribution in [0.15, 0.2) is 72.7 Å². The first kappa shape index (κ1) is 22.3. The molecular weight excluding hydrogens is 414 g/mol. The van der Waals surface area contributed by atoms with Crippen molar-refractivity contribution in [2.75, 3.05) is 11.9 Å². The molecular formula is C27H27N3O3. The molecule has 0 bridgehead atoms. The van der Waals surface area contributed by atoms with E-state index in [4.69, 9.17) is 4.74 Å². The van der Waals surface area contributed by atoms with E-state index in [0.29, 0.717) is 17.7 Å². The summed E-state index contributed by atoms with van der Waals surface area (Å²) < 4.78 is 5.67. The van der Waals surface area contributed by atoms with Crippen LogP contribution in [0.1, 0.15) is 35.6 Å². The molecule has 168 valence electrons. The van der Waals surface area contributed by atoms with Crippen LogP contribution < -0.4 is 10.1 Å². The van der Waals surface area contributed by atoms with Crippen molar-refractivity contribution < 1.29 is 14.3 Å². The van der Waals surface area contributed by atoms with Crippen LogP contribution in [-0.2, 0) is 16.1 Å². The van der Waals surface area contributed by atoms with E-state index < -0.39 is 0 Å². The number of benzene rings is 2. The van der Waals surface area contributed by atoms with Gasteiger partial charge in [0, 0.05) is 18.1 Å². The van der Waals surface area contributed by atoms with Crippen LogP contribution >= 0.6 is 0 Å². The van der Waals surface area contributed by atoms with E-state index >= 15 is 0 Å². The fourth-order valence-electron chi connectivity index (χ4n) is 3.90. The smallest absolute Gasteiger partial charge is 0.278 e. The van der Waals surface area contributed by atoms with Crippen LogP contribution in [0.5, 0.6) is 5.75 Å². The molecule has 33 heavy (non-hydrogen) atoms. The van der Waals surface area contributed by atoms with Gasteiger partial charge in [0.05, 0.1) is 18.7 Å². The number of hydrogen-bond donors (Lipinski definition) is 1. The van der Waals surface area contributed by atoms with E-state index in [1.165, 1.54) is 4.90 Å². The summed E-state index contributed by atoms with van der Waals surface area (Å²) >= 11 is 0. The number of anilines is 1. The molecule has 0 atom stereocenters. The molecule has 0 saturated carbocycles. The Hall–Kier alpha value is -3.93. The van der Waals surface area contributed by atoms with Crippen molar-refractivity contribution in [2.45, 2.75) is 33.7 Å². The first-order valence-electron chi connectivity index (χ1n) is 11.0. The molecule has 0 unspecified atom stereocenters. The highest BCUT2D eigenvalue weighted by atomic mass is 16.5. The number of aryl methyl sites for hydroxylation is 2. The molecule has 2 aromatic carbocycles. The third-order valence-electron chi connectivity index (χ3n) is 5.36. The fourth-order valence-corrected chi connectivity index (χ4v) is 3.90. The van der Waals surface area contributed by atoms with Gasteiger partial charge in [0.1, 0.15) is 11.4 Å². The lowest BCUT2D eigenvalue weighted by Gasteiger charge is -2.15. The largest absolute Gasteiger partial charge is 0.494 e. The number of rotatable bonds is 8. The van der Waals surface area contributed by atoms with Crippen LogP contribution in [0.3, 0.4) is 0 Å². The van der Waals surface area contributed by atoms with E-state index in [1.54, 1.807) is 24.5 Å². The molecule has 3 aromatic rings. The van der Waals surface area contributed by atoms with Crippen molar-refractivity contribution in [2.24, 2.45) is 0 Å². The number of ether oxygens (including phenoxy) is 1. The van der Waals surface area contributed by atoms with Gasteiger partial charge in [-0.3, -0.25) is 19.5 Å². The minimum atomic E-state index is -0.350. The Kier molecular flexibility index (Phi) is 6.54. The van der Waals surface area contributed by atoms with Crippen LogP contribution in [0.4, 0.5) is 5.69 Å². The Balaban J connectivity index is 1.72. The maximum atomic E-state index is 13.5. The molecule has 0 radical (unpaired) electrons. The third-order valence-corrected chi connectivity index (χ3v) is 5.36. The summed E-state index contributed by atoms with van der Waals surface area (Å²) in [6.07, 6.45) is 4.21. The second-order valence-electron chi connectivity index (χ2n) is 8.18. The SMILES string of the molecule is CCCOc1ccc(C2=C(Nc3cc(C)cc(C)c3)C(=O)N(Cc3ccncc3)C2=O)cc1. The number of imide groups is 1. The minimum Gasteiger partial charge on any atom is -0.494 e. The van der Waals surface area contributed by atoms with E-state index in [1.807, 2.05) is 57.2 Å². The van der Waals surface area contributed by atoms with Gasteiger partial charge in [-0.2, -0.15) is 0 Å². The zero-order chi connectivity index (χ0) is 23.4. The molecule has 6 nitrogen and oxygen atoms in total. The van der Waals surface area contributed by atoms with Gasteiger partial charge in [-0.1, -0.05) is 25.1 Å². The third kappa shape index (κ3) is 4.95. The number of amides is 2. The van der Waals surface area contributed by atoms with Gasteiger partial charge < -0.3 is 10.1 Å². The van der Waals surface area contributed by atoms with E-state index in [9.17, 15) is 9.59 Å². The molecule has 0 fully saturated rings. The molecule has 0 spiro atoms. The first-order valence-corrected chi connectivity index (χ1v) is 11.0. The van der Waals surface area contributed by atoms with Crippen molar-refractivity contribution in [3.05, 3.63) is 94.9 Å². The molecule has 1 N–H and O–H groups in total. The Morgan fingerprint density at radius 3 is 2.21 bits per heavy atom. The van der Waals surface area contributed by atoms with Crippen LogP contribution in [0.2, 0.25) is 0 Å². The standard InChI is InChI=1S/C27H27N3O3/c1-4-13-33-23-7-5-21(6-8-23)24-25(29-22-15-18(2)14-19(3)16-22)27(32)30(26(24)31)17-20-9-11-28-12-10-20/h5-12,14-16,29H,4,13,17H2,1-3H3. The topological polar surface area (TPSA) is 71.5 Å². The van der Waals surface area contributed by atoms with E-state index in [0.717, 1.165) is 34.5 Å². The predicted molar refractivity (Wildman–Crippen MR) is 128 cm³/mol. The van der Waals surface area contributed by atoms with Crippen molar-refractivity contribution in [1.29, 1.82) is 0 Å². The average Bonchev–Trinajstić information content (AvgIpc) is 3.02. The highest BCUT2D eigenvalue weighted by Gasteiger charge is 2.39. The summed E-state index contributed by atoms with van der Waals surface area (Å²) in [5, 5.41) is 3.24. The number of nitrogens with one attached hydrogen (secondary N) is 1. The number of carbonyl (C=O) groups is 2. The zero-order valence-corrected chi connectivity index (χ0v) is 19.1. The highest BCUT2D eigenvalue weighted by molar-refractivity contribution is 6.36. The number of carbonyl (C=O) groups excluding carboxylic acids is 2. The van der Waals surface area contributed by atoms with E-state index in [2.05, 4.69) is 16.4 Å². The fraction of sp³-hybridized carbons (Fsp3) is 0.222. The second kappa shape index (κ2) is 9.69. The van der Waals surface area contributed by atoms with Crippen LogP contribution in [0, 0.1) is 13.8 Å². The molecule has 0 aliphatic carbocycles. The van der Waals surface area contributed by atoms with Crippen molar-refractivity contribution in [3.63, 3.8) is 0 Å². The summed E-state index contributed by atoms with van der Waals surface area (Å²) in [5.74, 6) is 0.0543. The summed E-state index contributed by atoms with van der Waals surface area (Å²) in [4.78, 5) is 32.2. The van der Waals surface area contributed by atoms with Gasteiger partial charge in [0.2, 0.25) is 0 Å². The second-order valence-corrected chi connectivity index (χ2v) is 8.18. The quantitative estimate of drug-likeness (QED) is 0.505. The average molecular weight is 442 g/mol. The predicted octanol–water partition coefficient (Wildman–Crippen LogP) is 4.88. The first-order chi connectivity index (χ1) is 16.0. The highest BCUT2D eigenvalue weighted by Crippen LogP contribution is 2.32. The summed E-state index contributed by atoms with van der Waals surface area (Å²) in [6, 6.07) is 16.9. The number of nitrogens with zero attached hydrogens (tertiary/aromatic N) is 2. The summed E-state index contributed by atoms with van der Waals surface area (Å²) in [6.45, 7) is 6.85. The molecule has 2 heterocycles. The summed E-state index contributed by atoms with van der Waals surface area (Å²) in [5.41, 5.74) is 5.06. The van der Waals surface area contributed by atoms with Gasteiger partial charge in [-0.15, -0.1) is 0 Å². The van der Waals surface area contributed by atoms with Crippen LogP contribution in [0.25, 0.3) is 5.57 Å². The van der Waals surface area contributed by atoms with Gasteiger partial charge in [0.25, 0.3) is 11.8 Å². The summed E-state index contributed by atoms with van der Waals surface area (Å²) in [7, 11) is 0. The van der Waals surface area contributed by atoms with Crippen molar-refractivity contribution in [3.8, 4) is 5.75 Å². The maximum absolute atomic E-state index is 13.5. The molecule has 0 saturated heterocycles. The molecule has 6 heteroatoms. The van der Waals surface area contributed by atoms with Gasteiger partial charge in [0.15, 0.2) is 0 Å². The van der Waals surface area contributed by atoms with Gasteiger partial charge in [-0.05, 0) is 78.9 Å². The van der Waals surface area contributed by atoms with Crippen LogP contribution in [-0.4, -0.2) is 28.3 Å². The lowest BCUT2D eigenvalue weighted by Crippen LogP contribution is -2.32. The zero-order valence-electron chi connectivity index (χ0n) is 19.1. The minimum absolute atomic E-state index is 0.180. The Labute approximate surface area is 193 Å². The number of pyridine rings is 1. The lowest BCUT2D eigenvalue weighted by molar-refractivity contribution is -0.137. The normalized spacial score (nSPS) is 13.6. The molecule has 1 aliphatic rings. The monoisotopic (exact) mass is 441 g/mol. The molecule has 2 amide bonds. The Morgan fingerprint density at radius 1 is 0.909 bits per heavy atom. The van der Waals surface area contributed by atoms with Crippen molar-refractivity contribution in [1.82, 2.24) is 9.88 Å². The van der Waals surface area contributed by atoms with Gasteiger partial charge >= 0.3 is 0 Å². The van der Waals surface area contributed by atoms with Gasteiger partial charge in [-0.25, -0.2) is 0 Å². The molecule has 1 aliphatic heterocycles. The Bertz CT molecular complexity index is 1180. The van der Waals surface area contributed by atoms with Crippen molar-refractivity contribution >= 4 is 23.1 Å². The number of hydrogen-bond acceptors (Lipinski definition) is 5. The number of aromatic nitrogens is 1. The maximum Gasteiger partial charge on any atom is 0.278 e. The molecule has 4 rings (SSSR count).